The van der Waals surface area contributed by atoms with Crippen LogP contribution in [0, 0.1) is 13.8 Å². The summed E-state index contributed by atoms with van der Waals surface area (Å²) in [5.74, 6) is -0.101. The molecular weight excluding hydrogens is 304 g/mol. The largest absolute Gasteiger partial charge is 0.349 e. The van der Waals surface area contributed by atoms with Crippen LogP contribution >= 0.6 is 0 Å². The number of aryl methyl sites for hydroxylation is 2. The summed E-state index contributed by atoms with van der Waals surface area (Å²) in [5.41, 5.74) is 4.20. The molecule has 2 aromatic heterocycles. The van der Waals surface area contributed by atoms with Gasteiger partial charge in [-0.05, 0) is 45.8 Å². The van der Waals surface area contributed by atoms with Crippen LogP contribution in [-0.2, 0) is 7.05 Å². The fourth-order valence-electron chi connectivity index (χ4n) is 3.56. The quantitative estimate of drug-likeness (QED) is 0.873. The van der Waals surface area contributed by atoms with E-state index in [-0.39, 0.29) is 5.91 Å². The molecule has 0 aliphatic carbocycles. The molecule has 1 fully saturated rings. The van der Waals surface area contributed by atoms with Gasteiger partial charge >= 0.3 is 0 Å². The maximum atomic E-state index is 12.4. The number of likely N-dealkylation sites (tertiary alicyclic amines) is 1. The van der Waals surface area contributed by atoms with Gasteiger partial charge in [-0.1, -0.05) is 6.92 Å². The Morgan fingerprint density at radius 3 is 2.92 bits per heavy atom. The van der Waals surface area contributed by atoms with E-state index in [0.29, 0.717) is 18.3 Å². The highest BCUT2D eigenvalue weighted by molar-refractivity contribution is 5.93. The first-order valence-corrected chi connectivity index (χ1v) is 8.59. The third-order valence-electron chi connectivity index (χ3n) is 4.99. The Bertz CT molecular complexity index is 732. The van der Waals surface area contributed by atoms with Gasteiger partial charge in [0.25, 0.3) is 5.91 Å². The van der Waals surface area contributed by atoms with E-state index in [1.807, 2.05) is 25.6 Å². The number of hydrogen-bond donors (Lipinski definition) is 2. The molecule has 1 aliphatic heterocycles. The van der Waals surface area contributed by atoms with Crippen LogP contribution < -0.4 is 5.32 Å². The molecule has 7 heteroatoms. The summed E-state index contributed by atoms with van der Waals surface area (Å²) < 4.78 is 1.83. The van der Waals surface area contributed by atoms with E-state index in [1.54, 1.807) is 6.07 Å². The van der Waals surface area contributed by atoms with Gasteiger partial charge in [0.15, 0.2) is 0 Å². The molecule has 1 amide bonds. The summed E-state index contributed by atoms with van der Waals surface area (Å²) in [7, 11) is 1.91. The number of likely N-dealkylation sites (N-methyl/N-ethyl adjacent to an activating group) is 1. The average Bonchev–Trinajstić information content (AvgIpc) is 3.25. The predicted octanol–water partition coefficient (Wildman–Crippen LogP) is 1.64. The highest BCUT2D eigenvalue weighted by Gasteiger charge is 2.24. The molecule has 2 aromatic rings. The maximum absolute atomic E-state index is 12.4. The minimum absolute atomic E-state index is 0.101. The van der Waals surface area contributed by atoms with E-state index in [2.05, 4.69) is 32.4 Å². The van der Waals surface area contributed by atoms with Gasteiger partial charge < -0.3 is 5.32 Å². The molecule has 0 saturated carbocycles. The highest BCUT2D eigenvalue weighted by atomic mass is 16.1. The SMILES string of the molecule is CCN1CCC[C@@H]1CNC(=O)c1cc(-c2c(C)nn(C)c2C)n[nH]1. The van der Waals surface area contributed by atoms with Gasteiger partial charge in [0.05, 0.1) is 11.4 Å². The summed E-state index contributed by atoms with van der Waals surface area (Å²) in [6, 6.07) is 2.25. The summed E-state index contributed by atoms with van der Waals surface area (Å²) in [5, 5.41) is 14.6. The van der Waals surface area contributed by atoms with Crippen LogP contribution in [0.4, 0.5) is 0 Å². The number of aromatic nitrogens is 4. The van der Waals surface area contributed by atoms with Gasteiger partial charge in [-0.25, -0.2) is 0 Å². The van der Waals surface area contributed by atoms with Crippen LogP contribution in [0.2, 0.25) is 0 Å². The maximum Gasteiger partial charge on any atom is 0.269 e. The molecule has 1 saturated heterocycles. The molecule has 0 unspecified atom stereocenters. The monoisotopic (exact) mass is 330 g/mol. The van der Waals surface area contributed by atoms with Gasteiger partial charge in [-0.15, -0.1) is 0 Å². The zero-order valence-electron chi connectivity index (χ0n) is 14.9. The summed E-state index contributed by atoms with van der Waals surface area (Å²) in [4.78, 5) is 14.8. The molecule has 0 radical (unpaired) electrons. The Balaban J connectivity index is 1.68. The van der Waals surface area contributed by atoms with Crippen molar-refractivity contribution >= 4 is 5.91 Å². The number of amides is 1. The summed E-state index contributed by atoms with van der Waals surface area (Å²) in [6.07, 6.45) is 2.36. The van der Waals surface area contributed by atoms with Crippen molar-refractivity contribution in [1.29, 1.82) is 0 Å². The van der Waals surface area contributed by atoms with E-state index >= 15 is 0 Å². The van der Waals surface area contributed by atoms with Crippen molar-refractivity contribution in [3.05, 3.63) is 23.1 Å². The molecule has 2 N–H and O–H groups in total. The van der Waals surface area contributed by atoms with Gasteiger partial charge in [0.1, 0.15) is 5.69 Å². The Morgan fingerprint density at radius 1 is 1.46 bits per heavy atom. The second-order valence-electron chi connectivity index (χ2n) is 6.47. The van der Waals surface area contributed by atoms with Crippen LogP contribution in [0.5, 0.6) is 0 Å². The van der Waals surface area contributed by atoms with Crippen LogP contribution in [0.1, 0.15) is 41.6 Å². The zero-order valence-corrected chi connectivity index (χ0v) is 14.9. The topological polar surface area (TPSA) is 78.8 Å². The normalized spacial score (nSPS) is 18.2. The second-order valence-corrected chi connectivity index (χ2v) is 6.47. The van der Waals surface area contributed by atoms with Crippen molar-refractivity contribution in [1.82, 2.24) is 30.2 Å². The number of nitrogens with zero attached hydrogens (tertiary/aromatic N) is 4. The molecule has 130 valence electrons. The molecule has 24 heavy (non-hydrogen) atoms. The van der Waals surface area contributed by atoms with Crippen LogP contribution in [0.3, 0.4) is 0 Å². The minimum atomic E-state index is -0.101. The van der Waals surface area contributed by atoms with E-state index in [0.717, 1.165) is 42.2 Å². The Labute approximate surface area is 142 Å². The lowest BCUT2D eigenvalue weighted by molar-refractivity contribution is 0.0936. The van der Waals surface area contributed by atoms with Gasteiger partial charge in [0, 0.05) is 30.9 Å². The molecule has 7 nitrogen and oxygen atoms in total. The molecule has 3 heterocycles. The lowest BCUT2D eigenvalue weighted by Crippen LogP contribution is -2.40. The van der Waals surface area contributed by atoms with Crippen molar-refractivity contribution in [3.8, 4) is 11.3 Å². The third-order valence-corrected chi connectivity index (χ3v) is 4.99. The zero-order chi connectivity index (χ0) is 17.3. The lowest BCUT2D eigenvalue weighted by Gasteiger charge is -2.22. The summed E-state index contributed by atoms with van der Waals surface area (Å²) >= 11 is 0. The number of carbonyl (C=O) groups excluding carboxylic acids is 1. The Morgan fingerprint density at radius 2 is 2.25 bits per heavy atom. The van der Waals surface area contributed by atoms with E-state index in [9.17, 15) is 4.79 Å². The number of rotatable bonds is 5. The van der Waals surface area contributed by atoms with Crippen LogP contribution in [-0.4, -0.2) is 56.5 Å². The van der Waals surface area contributed by atoms with E-state index in [4.69, 9.17) is 0 Å². The van der Waals surface area contributed by atoms with Crippen LogP contribution in [0.25, 0.3) is 11.3 Å². The summed E-state index contributed by atoms with van der Waals surface area (Å²) in [6.45, 7) is 8.98. The fourth-order valence-corrected chi connectivity index (χ4v) is 3.56. The standard InChI is InChI=1S/C17H26N6O/c1-5-23-8-6-7-13(23)10-18-17(24)15-9-14(19-20-15)16-11(2)21-22(4)12(16)3/h9,13H,5-8,10H2,1-4H3,(H,18,24)(H,19,20)/t13-/m1/s1. The number of nitrogens with one attached hydrogen (secondary N) is 2. The second kappa shape index (κ2) is 6.76. The Hall–Kier alpha value is -2.15. The van der Waals surface area contributed by atoms with Gasteiger partial charge in [0.2, 0.25) is 0 Å². The highest BCUT2D eigenvalue weighted by Crippen LogP contribution is 2.25. The average molecular weight is 330 g/mol. The first-order valence-electron chi connectivity index (χ1n) is 8.59. The first kappa shape index (κ1) is 16.7. The first-order chi connectivity index (χ1) is 11.5. The number of carbonyl (C=O) groups is 1. The smallest absolute Gasteiger partial charge is 0.269 e. The molecule has 0 aromatic carbocycles. The molecule has 0 bridgehead atoms. The molecule has 1 aliphatic rings. The van der Waals surface area contributed by atoms with Gasteiger partial charge in [-0.3, -0.25) is 19.5 Å². The van der Waals surface area contributed by atoms with E-state index < -0.39 is 0 Å². The molecule has 0 spiro atoms. The van der Waals surface area contributed by atoms with E-state index in [1.165, 1.54) is 6.42 Å². The van der Waals surface area contributed by atoms with Crippen LogP contribution in [0.15, 0.2) is 6.07 Å². The van der Waals surface area contributed by atoms with Crippen molar-refractivity contribution in [2.45, 2.75) is 39.7 Å². The van der Waals surface area contributed by atoms with Crippen molar-refractivity contribution in [2.75, 3.05) is 19.6 Å². The van der Waals surface area contributed by atoms with Crippen molar-refractivity contribution in [2.24, 2.45) is 7.05 Å². The number of aromatic amines is 1. The van der Waals surface area contributed by atoms with Crippen molar-refractivity contribution in [3.63, 3.8) is 0 Å². The fraction of sp³-hybridized carbons (Fsp3) is 0.588. The molecular formula is C17H26N6O. The number of H-pyrrole nitrogens is 1. The van der Waals surface area contributed by atoms with Crippen molar-refractivity contribution < 1.29 is 4.79 Å². The Kier molecular flexibility index (Phi) is 4.71. The minimum Gasteiger partial charge on any atom is -0.349 e. The molecule has 1 atom stereocenters. The third kappa shape index (κ3) is 3.08. The molecule has 3 rings (SSSR count). The van der Waals surface area contributed by atoms with Gasteiger partial charge in [-0.2, -0.15) is 10.2 Å². The number of hydrogen-bond acceptors (Lipinski definition) is 4. The lowest BCUT2D eigenvalue weighted by atomic mass is 10.1. The predicted molar refractivity (Wildman–Crippen MR) is 92.9 cm³/mol.